The van der Waals surface area contributed by atoms with Crippen LogP contribution in [0.15, 0.2) is 46.9 Å². The Morgan fingerprint density at radius 2 is 1.74 bits per heavy atom. The van der Waals surface area contributed by atoms with E-state index < -0.39 is 0 Å². The summed E-state index contributed by atoms with van der Waals surface area (Å²) in [6.07, 6.45) is 0. The van der Waals surface area contributed by atoms with Crippen molar-refractivity contribution in [2.24, 2.45) is 0 Å². The number of halogens is 2. The Hall–Kier alpha value is -1.23. The van der Waals surface area contributed by atoms with Crippen molar-refractivity contribution in [3.05, 3.63) is 57.5 Å². The number of anilines is 1. The summed E-state index contributed by atoms with van der Waals surface area (Å²) in [7, 11) is 1.70. The molecule has 2 aromatic rings. The molecule has 2 aromatic carbocycles. The van der Waals surface area contributed by atoms with Crippen molar-refractivity contribution in [1.82, 2.24) is 4.90 Å². The van der Waals surface area contributed by atoms with Crippen LogP contribution in [0.4, 0.5) is 5.69 Å². The molecule has 0 radical (unpaired) electrons. The fraction of sp³-hybridized carbons (Fsp3) is 0.333. The molecule has 0 spiro atoms. The van der Waals surface area contributed by atoms with Crippen LogP contribution in [-0.4, -0.2) is 38.2 Å². The lowest BCUT2D eigenvalue weighted by Crippen LogP contribution is -2.45. The molecular weight excluding hydrogens is 376 g/mol. The van der Waals surface area contributed by atoms with Gasteiger partial charge in [-0.05, 0) is 45.8 Å². The molecule has 0 aromatic heterocycles. The second-order valence-electron chi connectivity index (χ2n) is 5.71. The lowest BCUT2D eigenvalue weighted by atomic mass is 10.2. The molecule has 122 valence electrons. The predicted molar refractivity (Wildman–Crippen MR) is 99.6 cm³/mol. The molecule has 1 fully saturated rings. The predicted octanol–water partition coefficient (Wildman–Crippen LogP) is 4.43. The van der Waals surface area contributed by atoms with E-state index in [9.17, 15) is 0 Å². The van der Waals surface area contributed by atoms with Gasteiger partial charge < -0.3 is 9.64 Å². The maximum atomic E-state index is 5.94. The smallest absolute Gasteiger partial charge is 0.135 e. The van der Waals surface area contributed by atoms with Crippen LogP contribution in [0.1, 0.15) is 5.56 Å². The Balaban J connectivity index is 1.58. The van der Waals surface area contributed by atoms with E-state index in [2.05, 4.69) is 50.0 Å². The van der Waals surface area contributed by atoms with E-state index in [1.54, 1.807) is 7.11 Å². The van der Waals surface area contributed by atoms with Crippen LogP contribution < -0.4 is 9.64 Å². The molecule has 23 heavy (non-hydrogen) atoms. The molecule has 0 unspecified atom stereocenters. The van der Waals surface area contributed by atoms with Gasteiger partial charge >= 0.3 is 0 Å². The largest absolute Gasteiger partial charge is 0.495 e. The monoisotopic (exact) mass is 394 g/mol. The number of piperazine rings is 1. The first-order valence-corrected chi connectivity index (χ1v) is 8.88. The maximum absolute atomic E-state index is 5.94. The zero-order valence-corrected chi connectivity index (χ0v) is 15.5. The Kier molecular flexibility index (Phi) is 5.46. The van der Waals surface area contributed by atoms with Crippen LogP contribution in [0.5, 0.6) is 5.75 Å². The molecular formula is C18H20BrClN2O. The highest BCUT2D eigenvalue weighted by Gasteiger charge is 2.18. The van der Waals surface area contributed by atoms with Crippen LogP contribution in [0.25, 0.3) is 0 Å². The Bertz CT molecular complexity index is 655. The van der Waals surface area contributed by atoms with Gasteiger partial charge in [-0.3, -0.25) is 4.90 Å². The second kappa shape index (κ2) is 7.56. The molecule has 1 saturated heterocycles. The first-order chi connectivity index (χ1) is 11.2. The number of hydrogen-bond donors (Lipinski definition) is 0. The van der Waals surface area contributed by atoms with E-state index in [1.165, 1.54) is 11.3 Å². The molecule has 0 aliphatic carbocycles. The van der Waals surface area contributed by atoms with E-state index in [4.69, 9.17) is 16.3 Å². The van der Waals surface area contributed by atoms with Gasteiger partial charge in [-0.25, -0.2) is 0 Å². The van der Waals surface area contributed by atoms with Gasteiger partial charge in [-0.15, -0.1) is 0 Å². The molecule has 0 amide bonds. The van der Waals surface area contributed by atoms with Crippen molar-refractivity contribution in [2.75, 3.05) is 38.2 Å². The molecule has 0 atom stereocenters. The normalized spacial score (nSPS) is 15.7. The Morgan fingerprint density at radius 3 is 2.39 bits per heavy atom. The Labute approximate surface area is 150 Å². The van der Waals surface area contributed by atoms with Gasteiger partial charge in [0.2, 0.25) is 0 Å². The lowest BCUT2D eigenvalue weighted by molar-refractivity contribution is 0.250. The highest BCUT2D eigenvalue weighted by molar-refractivity contribution is 9.10. The summed E-state index contributed by atoms with van der Waals surface area (Å²) in [6.45, 7) is 5.15. The topological polar surface area (TPSA) is 15.7 Å². The maximum Gasteiger partial charge on any atom is 0.135 e. The number of rotatable bonds is 4. The highest BCUT2D eigenvalue weighted by atomic mass is 79.9. The van der Waals surface area contributed by atoms with Gasteiger partial charge in [-0.2, -0.15) is 0 Å². The second-order valence-corrected chi connectivity index (χ2v) is 7.00. The standard InChI is InChI=1S/C18H20BrClN2O/c1-23-18-12-16(6-7-17(18)19)22-10-8-21(9-11-22)13-14-2-4-15(20)5-3-14/h2-7,12H,8-11,13H2,1H3. The van der Waals surface area contributed by atoms with Crippen molar-refractivity contribution in [1.29, 1.82) is 0 Å². The average molecular weight is 396 g/mol. The minimum Gasteiger partial charge on any atom is -0.495 e. The lowest BCUT2D eigenvalue weighted by Gasteiger charge is -2.36. The number of benzene rings is 2. The van der Waals surface area contributed by atoms with E-state index in [0.29, 0.717) is 0 Å². The van der Waals surface area contributed by atoms with Crippen LogP contribution in [-0.2, 0) is 6.54 Å². The van der Waals surface area contributed by atoms with E-state index >= 15 is 0 Å². The fourth-order valence-electron chi connectivity index (χ4n) is 2.86. The molecule has 3 rings (SSSR count). The quantitative estimate of drug-likeness (QED) is 0.761. The average Bonchev–Trinajstić information content (AvgIpc) is 2.58. The third-order valence-electron chi connectivity index (χ3n) is 4.19. The fourth-order valence-corrected chi connectivity index (χ4v) is 3.39. The van der Waals surface area contributed by atoms with Crippen LogP contribution in [0, 0.1) is 0 Å². The molecule has 3 nitrogen and oxygen atoms in total. The SMILES string of the molecule is COc1cc(N2CCN(Cc3ccc(Cl)cc3)CC2)ccc1Br. The molecule has 0 saturated carbocycles. The third-order valence-corrected chi connectivity index (χ3v) is 5.10. The summed E-state index contributed by atoms with van der Waals surface area (Å²) in [4.78, 5) is 4.89. The van der Waals surface area contributed by atoms with Crippen LogP contribution >= 0.6 is 27.5 Å². The van der Waals surface area contributed by atoms with E-state index in [-0.39, 0.29) is 0 Å². The molecule has 1 aliphatic heterocycles. The van der Waals surface area contributed by atoms with Gasteiger partial charge in [0, 0.05) is 49.5 Å². The van der Waals surface area contributed by atoms with Crippen molar-refractivity contribution >= 4 is 33.2 Å². The van der Waals surface area contributed by atoms with Gasteiger partial charge in [0.15, 0.2) is 0 Å². The summed E-state index contributed by atoms with van der Waals surface area (Å²) in [5.74, 6) is 0.881. The zero-order valence-electron chi connectivity index (χ0n) is 13.1. The summed E-state index contributed by atoms with van der Waals surface area (Å²) >= 11 is 9.45. The molecule has 0 N–H and O–H groups in total. The Morgan fingerprint density at radius 1 is 1.04 bits per heavy atom. The minimum atomic E-state index is 0.794. The van der Waals surface area contributed by atoms with E-state index in [0.717, 1.165) is 48.0 Å². The number of ether oxygens (including phenoxy) is 1. The summed E-state index contributed by atoms with van der Waals surface area (Å²) in [5, 5.41) is 0.794. The highest BCUT2D eigenvalue weighted by Crippen LogP contribution is 2.30. The van der Waals surface area contributed by atoms with E-state index in [1.807, 2.05) is 18.2 Å². The summed E-state index contributed by atoms with van der Waals surface area (Å²) < 4.78 is 6.38. The summed E-state index contributed by atoms with van der Waals surface area (Å²) in [5.41, 5.74) is 2.53. The van der Waals surface area contributed by atoms with Crippen molar-refractivity contribution < 1.29 is 4.74 Å². The van der Waals surface area contributed by atoms with Gasteiger partial charge in [0.05, 0.1) is 11.6 Å². The molecule has 1 aliphatic rings. The molecule has 0 bridgehead atoms. The third kappa shape index (κ3) is 4.19. The zero-order chi connectivity index (χ0) is 16.2. The van der Waals surface area contributed by atoms with Crippen molar-refractivity contribution in [2.45, 2.75) is 6.54 Å². The van der Waals surface area contributed by atoms with Crippen molar-refractivity contribution in [3.63, 3.8) is 0 Å². The van der Waals surface area contributed by atoms with Crippen LogP contribution in [0.3, 0.4) is 0 Å². The van der Waals surface area contributed by atoms with Crippen LogP contribution in [0.2, 0.25) is 5.02 Å². The molecule has 5 heteroatoms. The van der Waals surface area contributed by atoms with Crippen molar-refractivity contribution in [3.8, 4) is 5.75 Å². The molecule has 1 heterocycles. The number of nitrogens with zero attached hydrogens (tertiary/aromatic N) is 2. The number of hydrogen-bond acceptors (Lipinski definition) is 3. The summed E-state index contributed by atoms with van der Waals surface area (Å²) in [6, 6.07) is 14.4. The minimum absolute atomic E-state index is 0.794. The van der Waals surface area contributed by atoms with Gasteiger partial charge in [0.1, 0.15) is 5.75 Å². The van der Waals surface area contributed by atoms with Gasteiger partial charge in [0.25, 0.3) is 0 Å². The first-order valence-electron chi connectivity index (χ1n) is 7.71. The first kappa shape index (κ1) is 16.6. The van der Waals surface area contributed by atoms with Gasteiger partial charge in [-0.1, -0.05) is 23.7 Å². The number of methoxy groups -OCH3 is 1.